The summed E-state index contributed by atoms with van der Waals surface area (Å²) in [4.78, 5) is 30.9. The Labute approximate surface area is 209 Å². The van der Waals surface area contributed by atoms with Crippen LogP contribution in [0.3, 0.4) is 0 Å². The van der Waals surface area contributed by atoms with Gasteiger partial charge in [0.1, 0.15) is 6.04 Å². The normalized spacial score (nSPS) is 12.0. The molecule has 0 fully saturated rings. The first-order valence-corrected chi connectivity index (χ1v) is 12.5. The number of thiazole rings is 1. The number of fused-ring (bicyclic) bond motifs is 1. The Hall–Kier alpha value is -3.71. The van der Waals surface area contributed by atoms with Gasteiger partial charge in [0.05, 0.1) is 5.69 Å². The van der Waals surface area contributed by atoms with Gasteiger partial charge in [-0.3, -0.25) is 4.79 Å². The topological polar surface area (TPSA) is 82.5 Å². The molecule has 0 aliphatic rings. The Kier molecular flexibility index (Phi) is 7.46. The molecule has 3 aromatic carbocycles. The van der Waals surface area contributed by atoms with Gasteiger partial charge in [0.15, 0.2) is 5.13 Å². The van der Waals surface area contributed by atoms with Crippen LogP contribution < -0.4 is 10.2 Å². The summed E-state index contributed by atoms with van der Waals surface area (Å²) in [5.74, 6) is -1.23. The van der Waals surface area contributed by atoms with Gasteiger partial charge >= 0.3 is 5.97 Å². The summed E-state index contributed by atoms with van der Waals surface area (Å²) in [5.41, 5.74) is 3.51. The molecular weight excluding hydrogens is 458 g/mol. The van der Waals surface area contributed by atoms with Gasteiger partial charge in [-0.25, -0.2) is 9.78 Å². The molecule has 1 heterocycles. The van der Waals surface area contributed by atoms with Crippen LogP contribution in [-0.2, 0) is 11.3 Å². The van der Waals surface area contributed by atoms with Crippen molar-refractivity contribution in [2.24, 2.45) is 5.92 Å². The van der Waals surface area contributed by atoms with E-state index in [0.29, 0.717) is 18.5 Å². The molecule has 0 aliphatic carbocycles. The number of hydrogen-bond acceptors (Lipinski definition) is 5. The van der Waals surface area contributed by atoms with E-state index < -0.39 is 12.0 Å². The quantitative estimate of drug-likeness (QED) is 0.310. The molecule has 6 nitrogen and oxygen atoms in total. The van der Waals surface area contributed by atoms with E-state index >= 15 is 0 Å². The predicted octanol–water partition coefficient (Wildman–Crippen LogP) is 5.83. The number of anilines is 1. The number of carboxylic acid groups (broad SMARTS) is 1. The molecule has 0 saturated carbocycles. The lowest BCUT2D eigenvalue weighted by atomic mass is 10.0. The number of carboxylic acids is 1. The number of carbonyl (C=O) groups is 2. The second kappa shape index (κ2) is 10.7. The minimum absolute atomic E-state index is 0.168. The van der Waals surface area contributed by atoms with Crippen molar-refractivity contribution in [2.75, 3.05) is 11.9 Å². The molecule has 0 spiro atoms. The zero-order valence-corrected chi connectivity index (χ0v) is 20.9. The van der Waals surface area contributed by atoms with Crippen molar-refractivity contribution in [3.05, 3.63) is 83.2 Å². The van der Waals surface area contributed by atoms with E-state index in [0.717, 1.165) is 22.0 Å². The van der Waals surface area contributed by atoms with Gasteiger partial charge < -0.3 is 15.3 Å². The van der Waals surface area contributed by atoms with Crippen molar-refractivity contribution in [3.63, 3.8) is 0 Å². The summed E-state index contributed by atoms with van der Waals surface area (Å²) in [7, 11) is 1.99. The molecule has 7 heteroatoms. The van der Waals surface area contributed by atoms with E-state index in [9.17, 15) is 14.7 Å². The van der Waals surface area contributed by atoms with E-state index in [1.54, 1.807) is 23.5 Å². The third-order valence-corrected chi connectivity index (χ3v) is 6.77. The number of amides is 1. The van der Waals surface area contributed by atoms with Gasteiger partial charge in [0.25, 0.3) is 5.91 Å². The van der Waals surface area contributed by atoms with E-state index in [2.05, 4.69) is 45.9 Å². The number of aliphatic carboxylic acids is 1. The summed E-state index contributed by atoms with van der Waals surface area (Å²) >= 11 is 1.59. The Bertz CT molecular complexity index is 1330. The summed E-state index contributed by atoms with van der Waals surface area (Å²) in [5, 5.41) is 17.4. The number of nitrogens with one attached hydrogen (secondary N) is 1. The Morgan fingerprint density at radius 1 is 1.03 bits per heavy atom. The second-order valence-corrected chi connectivity index (χ2v) is 9.96. The largest absolute Gasteiger partial charge is 0.480 e. The number of nitrogens with zero attached hydrogens (tertiary/aromatic N) is 2. The van der Waals surface area contributed by atoms with Gasteiger partial charge in [-0.15, -0.1) is 11.3 Å². The molecular formula is C28H29N3O3S. The van der Waals surface area contributed by atoms with Gasteiger partial charge in [0, 0.05) is 30.1 Å². The number of aromatic nitrogens is 1. The van der Waals surface area contributed by atoms with Crippen LogP contribution in [0.2, 0.25) is 0 Å². The van der Waals surface area contributed by atoms with Crippen LogP contribution in [0.5, 0.6) is 0 Å². The van der Waals surface area contributed by atoms with Crippen LogP contribution in [0.4, 0.5) is 5.13 Å². The van der Waals surface area contributed by atoms with Crippen LogP contribution in [-0.4, -0.2) is 35.1 Å². The van der Waals surface area contributed by atoms with Crippen LogP contribution >= 0.6 is 11.3 Å². The lowest BCUT2D eigenvalue weighted by Crippen LogP contribution is -2.41. The molecule has 180 valence electrons. The second-order valence-electron chi connectivity index (χ2n) is 9.12. The SMILES string of the molecule is CC(C)CC(NC(=O)c1ccc(CN(C)c2nc(-c3ccc4ccccc4c3)cs2)cc1)C(=O)O. The van der Waals surface area contributed by atoms with Gasteiger partial charge in [-0.05, 0) is 46.9 Å². The summed E-state index contributed by atoms with van der Waals surface area (Å²) in [6.45, 7) is 4.50. The van der Waals surface area contributed by atoms with Crippen LogP contribution in [0.1, 0.15) is 36.2 Å². The molecule has 0 radical (unpaired) electrons. The molecule has 35 heavy (non-hydrogen) atoms. The molecule has 4 aromatic rings. The van der Waals surface area contributed by atoms with E-state index in [4.69, 9.17) is 4.98 Å². The van der Waals surface area contributed by atoms with Gasteiger partial charge in [-0.1, -0.05) is 62.4 Å². The number of hydrogen-bond donors (Lipinski definition) is 2. The lowest BCUT2D eigenvalue weighted by molar-refractivity contribution is -0.139. The molecule has 0 aliphatic heterocycles. The first kappa shape index (κ1) is 24.4. The Morgan fingerprint density at radius 2 is 1.74 bits per heavy atom. The summed E-state index contributed by atoms with van der Waals surface area (Å²) in [6, 6.07) is 21.0. The number of benzene rings is 3. The third kappa shape index (κ3) is 6.05. The molecule has 0 saturated heterocycles. The molecule has 4 rings (SSSR count). The lowest BCUT2D eigenvalue weighted by Gasteiger charge is -2.17. The van der Waals surface area contributed by atoms with E-state index in [-0.39, 0.29) is 11.8 Å². The monoisotopic (exact) mass is 487 g/mol. The first-order chi connectivity index (χ1) is 16.8. The van der Waals surface area contributed by atoms with Crippen LogP contribution in [0.15, 0.2) is 72.1 Å². The smallest absolute Gasteiger partial charge is 0.326 e. The van der Waals surface area contributed by atoms with Crippen molar-refractivity contribution in [1.29, 1.82) is 0 Å². The fraction of sp³-hybridized carbons (Fsp3) is 0.250. The maximum Gasteiger partial charge on any atom is 0.326 e. The standard InChI is InChI=1S/C28H29N3O3S/c1-18(2)14-24(27(33)34)29-26(32)21-10-8-19(9-11-21)16-31(3)28-30-25(17-35-28)23-13-12-20-6-4-5-7-22(20)15-23/h4-13,15,17-18,24H,14,16H2,1-3H3,(H,29,32)(H,33,34). The average molecular weight is 488 g/mol. The van der Waals surface area contributed by atoms with Crippen molar-refractivity contribution in [3.8, 4) is 11.3 Å². The minimum atomic E-state index is -1.02. The molecule has 2 N–H and O–H groups in total. The highest BCUT2D eigenvalue weighted by atomic mass is 32.1. The predicted molar refractivity (Wildman–Crippen MR) is 142 cm³/mol. The zero-order chi connectivity index (χ0) is 24.9. The van der Waals surface area contributed by atoms with E-state index in [1.165, 1.54) is 10.8 Å². The van der Waals surface area contributed by atoms with Crippen molar-refractivity contribution >= 4 is 39.1 Å². The molecule has 0 bridgehead atoms. The number of rotatable bonds is 9. The fourth-order valence-electron chi connectivity index (χ4n) is 3.96. The van der Waals surface area contributed by atoms with Crippen molar-refractivity contribution in [1.82, 2.24) is 10.3 Å². The van der Waals surface area contributed by atoms with Crippen LogP contribution in [0.25, 0.3) is 22.0 Å². The first-order valence-electron chi connectivity index (χ1n) is 11.6. The molecule has 1 aromatic heterocycles. The summed E-state index contributed by atoms with van der Waals surface area (Å²) in [6.07, 6.45) is 0.388. The Balaban J connectivity index is 1.40. The molecule has 1 unspecified atom stereocenters. The minimum Gasteiger partial charge on any atom is -0.480 e. The third-order valence-electron chi connectivity index (χ3n) is 5.81. The highest BCUT2D eigenvalue weighted by Gasteiger charge is 2.21. The molecule has 1 atom stereocenters. The van der Waals surface area contributed by atoms with Crippen LogP contribution in [0, 0.1) is 5.92 Å². The van der Waals surface area contributed by atoms with Gasteiger partial charge in [-0.2, -0.15) is 0 Å². The van der Waals surface area contributed by atoms with Crippen molar-refractivity contribution in [2.45, 2.75) is 32.9 Å². The highest BCUT2D eigenvalue weighted by Crippen LogP contribution is 2.29. The fourth-order valence-corrected chi connectivity index (χ4v) is 4.76. The van der Waals surface area contributed by atoms with Gasteiger partial charge in [0.2, 0.25) is 0 Å². The highest BCUT2D eigenvalue weighted by molar-refractivity contribution is 7.14. The molecule has 1 amide bonds. The average Bonchev–Trinajstić information content (AvgIpc) is 3.34. The summed E-state index contributed by atoms with van der Waals surface area (Å²) < 4.78 is 0. The van der Waals surface area contributed by atoms with E-state index in [1.807, 2.05) is 45.2 Å². The Morgan fingerprint density at radius 3 is 2.43 bits per heavy atom. The number of carbonyl (C=O) groups excluding carboxylic acids is 1. The van der Waals surface area contributed by atoms with Crippen molar-refractivity contribution < 1.29 is 14.7 Å². The maximum absolute atomic E-state index is 12.5. The zero-order valence-electron chi connectivity index (χ0n) is 20.1. The maximum atomic E-state index is 12.5.